The molecule has 0 bridgehead atoms. The summed E-state index contributed by atoms with van der Waals surface area (Å²) in [6.45, 7) is 2.06. The summed E-state index contributed by atoms with van der Waals surface area (Å²) in [5, 5.41) is 0. The van der Waals surface area contributed by atoms with Crippen molar-refractivity contribution in [1.82, 2.24) is 4.90 Å². The van der Waals surface area contributed by atoms with Gasteiger partial charge >= 0.3 is 0 Å². The molecule has 1 saturated heterocycles. The Kier molecular flexibility index (Phi) is 8.19. The highest BCUT2D eigenvalue weighted by Crippen LogP contribution is 2.28. The third-order valence-electron chi connectivity index (χ3n) is 5.46. The monoisotopic (exact) mass is 382 g/mol. The van der Waals surface area contributed by atoms with Crippen molar-refractivity contribution in [2.45, 2.75) is 57.2 Å². The molecule has 0 radical (unpaired) electrons. The van der Waals surface area contributed by atoms with E-state index >= 15 is 0 Å². The molecule has 1 aromatic carbocycles. The molecule has 6 heteroatoms. The number of benzene rings is 1. The molecule has 26 heavy (non-hydrogen) atoms. The number of carbonyl (C=O) groups is 1. The Morgan fingerprint density at radius 3 is 2.81 bits per heavy atom. The van der Waals surface area contributed by atoms with Crippen LogP contribution in [0.5, 0.6) is 5.75 Å². The number of nitrogens with two attached hydrogens (primary N) is 1. The van der Waals surface area contributed by atoms with Crippen molar-refractivity contribution in [3.63, 3.8) is 0 Å². The normalized spacial score (nSPS) is 24.9. The second kappa shape index (κ2) is 10.1. The maximum absolute atomic E-state index is 13.0. The highest BCUT2D eigenvalue weighted by Gasteiger charge is 2.29. The highest BCUT2D eigenvalue weighted by atomic mass is 35.5. The number of ether oxygens (including phenoxy) is 2. The summed E-state index contributed by atoms with van der Waals surface area (Å²) in [4.78, 5) is 14.9. The van der Waals surface area contributed by atoms with E-state index in [-0.39, 0.29) is 30.5 Å². The summed E-state index contributed by atoms with van der Waals surface area (Å²) < 4.78 is 11.1. The predicted octanol–water partition coefficient (Wildman–Crippen LogP) is 3.14. The molecular formula is C20H31ClN2O3. The fourth-order valence-corrected chi connectivity index (χ4v) is 3.95. The Labute approximate surface area is 162 Å². The first-order valence-electron chi connectivity index (χ1n) is 9.43. The van der Waals surface area contributed by atoms with Gasteiger partial charge in [-0.2, -0.15) is 0 Å². The van der Waals surface area contributed by atoms with Crippen molar-refractivity contribution >= 4 is 18.3 Å². The number of amides is 1. The molecule has 1 aliphatic carbocycles. The molecular weight excluding hydrogens is 352 g/mol. The van der Waals surface area contributed by atoms with Crippen molar-refractivity contribution in [2.24, 2.45) is 11.7 Å². The van der Waals surface area contributed by atoms with Gasteiger partial charge in [0, 0.05) is 32.2 Å². The van der Waals surface area contributed by atoms with Gasteiger partial charge in [-0.25, -0.2) is 0 Å². The molecule has 1 heterocycles. The Balaban J connectivity index is 0.00000243. The van der Waals surface area contributed by atoms with E-state index in [2.05, 4.69) is 0 Å². The van der Waals surface area contributed by atoms with Crippen molar-refractivity contribution in [2.75, 3.05) is 20.3 Å². The molecule has 2 aliphatic rings. The molecule has 0 aromatic heterocycles. The van der Waals surface area contributed by atoms with Gasteiger partial charge in [0.2, 0.25) is 5.91 Å². The van der Waals surface area contributed by atoms with Crippen molar-refractivity contribution in [3.05, 3.63) is 29.8 Å². The maximum Gasteiger partial charge on any atom is 0.223 e. The van der Waals surface area contributed by atoms with E-state index in [0.29, 0.717) is 25.4 Å². The van der Waals surface area contributed by atoms with Gasteiger partial charge in [0.05, 0.1) is 13.2 Å². The van der Waals surface area contributed by atoms with Gasteiger partial charge in [-0.3, -0.25) is 4.79 Å². The van der Waals surface area contributed by atoms with E-state index in [4.69, 9.17) is 15.2 Å². The fourth-order valence-electron chi connectivity index (χ4n) is 3.95. The van der Waals surface area contributed by atoms with Gasteiger partial charge in [-0.05, 0) is 49.3 Å². The van der Waals surface area contributed by atoms with Gasteiger partial charge in [0.1, 0.15) is 5.75 Å². The molecule has 1 saturated carbocycles. The van der Waals surface area contributed by atoms with E-state index in [0.717, 1.165) is 50.0 Å². The third-order valence-corrected chi connectivity index (χ3v) is 5.46. The Morgan fingerprint density at radius 2 is 2.15 bits per heavy atom. The number of methoxy groups -OCH3 is 1. The summed E-state index contributed by atoms with van der Waals surface area (Å²) in [6, 6.07) is 8.10. The highest BCUT2D eigenvalue weighted by molar-refractivity contribution is 5.85. The minimum Gasteiger partial charge on any atom is -0.497 e. The van der Waals surface area contributed by atoms with Crippen molar-refractivity contribution in [1.29, 1.82) is 0 Å². The lowest BCUT2D eigenvalue weighted by Crippen LogP contribution is -2.39. The molecule has 3 rings (SSSR count). The first kappa shape index (κ1) is 21.0. The Morgan fingerprint density at radius 1 is 1.31 bits per heavy atom. The molecule has 5 nitrogen and oxygen atoms in total. The molecule has 2 N–H and O–H groups in total. The van der Waals surface area contributed by atoms with Crippen LogP contribution in [0.3, 0.4) is 0 Å². The lowest BCUT2D eigenvalue weighted by molar-refractivity contribution is -0.134. The van der Waals surface area contributed by atoms with Crippen LogP contribution in [-0.4, -0.2) is 43.2 Å². The lowest BCUT2D eigenvalue weighted by atomic mass is 9.99. The SMILES string of the molecule is COc1cccc(CN(CC2CCCO2)C(=O)C[C@@H]2CCC[C@H]2N)c1.Cl. The maximum atomic E-state index is 13.0. The van der Waals surface area contributed by atoms with Gasteiger partial charge in [-0.15, -0.1) is 12.4 Å². The second-order valence-corrected chi connectivity index (χ2v) is 7.32. The molecule has 1 unspecified atom stereocenters. The van der Waals surface area contributed by atoms with Crippen LogP contribution in [0.1, 0.15) is 44.1 Å². The summed E-state index contributed by atoms with van der Waals surface area (Å²) in [5.41, 5.74) is 7.25. The van der Waals surface area contributed by atoms with Gasteiger partial charge in [0.15, 0.2) is 0 Å². The van der Waals surface area contributed by atoms with Gasteiger partial charge in [0.25, 0.3) is 0 Å². The van der Waals surface area contributed by atoms with Gasteiger partial charge < -0.3 is 20.1 Å². The van der Waals surface area contributed by atoms with Crippen LogP contribution in [0.2, 0.25) is 0 Å². The largest absolute Gasteiger partial charge is 0.497 e. The Hall–Kier alpha value is -1.30. The van der Waals surface area contributed by atoms with E-state index in [1.54, 1.807) is 7.11 Å². The molecule has 146 valence electrons. The molecule has 1 amide bonds. The van der Waals surface area contributed by atoms with Crippen LogP contribution in [0.4, 0.5) is 0 Å². The van der Waals surface area contributed by atoms with Crippen LogP contribution in [0, 0.1) is 5.92 Å². The van der Waals surface area contributed by atoms with Crippen LogP contribution < -0.4 is 10.5 Å². The standard InChI is InChI=1S/C20H30N2O3.ClH/c1-24-17-7-2-5-15(11-17)13-22(14-18-8-4-10-25-18)20(23)12-16-6-3-9-19(16)21;/h2,5,7,11,16,18-19H,3-4,6,8-10,12-14,21H2,1H3;1H/t16-,18?,19+;/m0./s1. The summed E-state index contributed by atoms with van der Waals surface area (Å²) in [6.07, 6.45) is 6.08. The zero-order valence-corrected chi connectivity index (χ0v) is 16.4. The minimum absolute atomic E-state index is 0. The van der Waals surface area contributed by atoms with Crippen LogP contribution in [-0.2, 0) is 16.1 Å². The summed E-state index contributed by atoms with van der Waals surface area (Å²) in [5.74, 6) is 1.34. The first-order valence-corrected chi connectivity index (χ1v) is 9.43. The zero-order chi connectivity index (χ0) is 17.6. The van der Waals surface area contributed by atoms with Crippen LogP contribution in [0.15, 0.2) is 24.3 Å². The number of hydrogen-bond acceptors (Lipinski definition) is 4. The van der Waals surface area contributed by atoms with Crippen molar-refractivity contribution < 1.29 is 14.3 Å². The van der Waals surface area contributed by atoms with E-state index < -0.39 is 0 Å². The smallest absolute Gasteiger partial charge is 0.223 e. The predicted molar refractivity (Wildman–Crippen MR) is 105 cm³/mol. The number of hydrogen-bond donors (Lipinski definition) is 1. The number of halogens is 1. The topological polar surface area (TPSA) is 64.8 Å². The van der Waals surface area contributed by atoms with E-state index in [1.807, 2.05) is 29.2 Å². The fraction of sp³-hybridized carbons (Fsp3) is 0.650. The third kappa shape index (κ3) is 5.60. The van der Waals surface area contributed by atoms with Crippen LogP contribution >= 0.6 is 12.4 Å². The second-order valence-electron chi connectivity index (χ2n) is 7.32. The first-order chi connectivity index (χ1) is 12.2. The number of carbonyl (C=O) groups excluding carboxylic acids is 1. The van der Waals surface area contributed by atoms with E-state index in [1.165, 1.54) is 0 Å². The average molecular weight is 383 g/mol. The molecule has 1 aliphatic heterocycles. The van der Waals surface area contributed by atoms with Gasteiger partial charge in [-0.1, -0.05) is 18.6 Å². The number of nitrogens with zero attached hydrogens (tertiary/aromatic N) is 1. The Bertz CT molecular complexity index is 578. The molecule has 1 aromatic rings. The number of rotatable bonds is 7. The summed E-state index contributed by atoms with van der Waals surface area (Å²) in [7, 11) is 1.66. The zero-order valence-electron chi connectivity index (χ0n) is 15.6. The van der Waals surface area contributed by atoms with E-state index in [9.17, 15) is 4.79 Å². The summed E-state index contributed by atoms with van der Waals surface area (Å²) >= 11 is 0. The average Bonchev–Trinajstić information content (AvgIpc) is 3.27. The lowest BCUT2D eigenvalue weighted by Gasteiger charge is -2.27. The quantitative estimate of drug-likeness (QED) is 0.786. The van der Waals surface area contributed by atoms with Crippen molar-refractivity contribution in [3.8, 4) is 5.75 Å². The minimum atomic E-state index is 0. The molecule has 3 atom stereocenters. The van der Waals surface area contributed by atoms with Crippen LogP contribution in [0.25, 0.3) is 0 Å². The molecule has 0 spiro atoms. The molecule has 2 fully saturated rings.